The molecule has 0 aliphatic carbocycles. The summed E-state index contributed by atoms with van der Waals surface area (Å²) in [4.78, 5) is 0.386. The Labute approximate surface area is 123 Å². The van der Waals surface area contributed by atoms with E-state index in [1.54, 1.807) is 0 Å². The van der Waals surface area contributed by atoms with E-state index in [9.17, 15) is 0 Å². The number of nitrogens with two attached hydrogens (primary N) is 1. The van der Waals surface area contributed by atoms with Crippen LogP contribution in [0.2, 0.25) is 0 Å². The SMILES string of the molecule is Cc1nnc(NCC2CCSCC2)c(C(N)=S)c1C. The van der Waals surface area contributed by atoms with Crippen molar-refractivity contribution >= 4 is 34.8 Å². The van der Waals surface area contributed by atoms with Crippen LogP contribution in [0.25, 0.3) is 0 Å². The van der Waals surface area contributed by atoms with Crippen LogP contribution >= 0.6 is 24.0 Å². The molecule has 0 amide bonds. The van der Waals surface area contributed by atoms with Gasteiger partial charge >= 0.3 is 0 Å². The summed E-state index contributed by atoms with van der Waals surface area (Å²) in [5.41, 5.74) is 8.55. The molecule has 4 nitrogen and oxygen atoms in total. The molecule has 2 rings (SSSR count). The summed E-state index contributed by atoms with van der Waals surface area (Å²) in [7, 11) is 0. The summed E-state index contributed by atoms with van der Waals surface area (Å²) in [6.45, 7) is 4.83. The van der Waals surface area contributed by atoms with E-state index >= 15 is 0 Å². The summed E-state index contributed by atoms with van der Waals surface area (Å²) in [5, 5.41) is 11.7. The largest absolute Gasteiger partial charge is 0.389 e. The van der Waals surface area contributed by atoms with Crippen LogP contribution in [0.15, 0.2) is 0 Å². The Bertz CT molecular complexity index is 470. The zero-order valence-corrected chi connectivity index (χ0v) is 13.0. The van der Waals surface area contributed by atoms with Crippen LogP contribution in [0.3, 0.4) is 0 Å². The van der Waals surface area contributed by atoms with Gasteiger partial charge in [-0.05, 0) is 49.7 Å². The van der Waals surface area contributed by atoms with E-state index in [-0.39, 0.29) is 0 Å². The third kappa shape index (κ3) is 3.57. The monoisotopic (exact) mass is 296 g/mol. The number of hydrogen-bond donors (Lipinski definition) is 2. The van der Waals surface area contributed by atoms with Crippen molar-refractivity contribution in [3.05, 3.63) is 16.8 Å². The molecule has 3 N–H and O–H groups in total. The number of thioether (sulfide) groups is 1. The maximum atomic E-state index is 5.81. The summed E-state index contributed by atoms with van der Waals surface area (Å²) < 4.78 is 0. The molecule has 19 heavy (non-hydrogen) atoms. The fourth-order valence-electron chi connectivity index (χ4n) is 2.23. The minimum Gasteiger partial charge on any atom is -0.389 e. The molecular weight excluding hydrogens is 276 g/mol. The van der Waals surface area contributed by atoms with Gasteiger partial charge < -0.3 is 11.1 Å². The van der Waals surface area contributed by atoms with E-state index in [1.165, 1.54) is 24.3 Å². The third-order valence-electron chi connectivity index (χ3n) is 3.60. The molecule has 1 saturated heterocycles. The zero-order chi connectivity index (χ0) is 13.8. The predicted octanol–water partition coefficient (Wildman–Crippen LogP) is 2.28. The van der Waals surface area contributed by atoms with Crippen LogP contribution in [-0.2, 0) is 0 Å². The second kappa shape index (κ2) is 6.52. The molecule has 1 fully saturated rings. The Hall–Kier alpha value is -0.880. The maximum absolute atomic E-state index is 5.81. The van der Waals surface area contributed by atoms with E-state index in [1.807, 2.05) is 25.6 Å². The highest BCUT2D eigenvalue weighted by Gasteiger charge is 2.17. The number of thiocarbonyl (C=S) groups is 1. The molecule has 0 unspecified atom stereocenters. The molecule has 104 valence electrons. The normalized spacial score (nSPS) is 16.3. The van der Waals surface area contributed by atoms with Crippen molar-refractivity contribution in [2.45, 2.75) is 26.7 Å². The smallest absolute Gasteiger partial charge is 0.159 e. The number of nitrogens with one attached hydrogen (secondary N) is 1. The van der Waals surface area contributed by atoms with Crippen LogP contribution in [0.1, 0.15) is 29.7 Å². The average molecular weight is 296 g/mol. The molecule has 0 aromatic carbocycles. The highest BCUT2D eigenvalue weighted by Crippen LogP contribution is 2.24. The summed E-state index contributed by atoms with van der Waals surface area (Å²) in [6.07, 6.45) is 2.52. The van der Waals surface area contributed by atoms with E-state index < -0.39 is 0 Å². The van der Waals surface area contributed by atoms with E-state index in [0.717, 1.165) is 29.2 Å². The quantitative estimate of drug-likeness (QED) is 0.831. The van der Waals surface area contributed by atoms with Gasteiger partial charge in [0, 0.05) is 6.54 Å². The minimum absolute atomic E-state index is 0.386. The van der Waals surface area contributed by atoms with Gasteiger partial charge in [0.25, 0.3) is 0 Å². The molecule has 1 aromatic rings. The molecule has 6 heteroatoms. The Morgan fingerprint density at radius 2 is 2.05 bits per heavy atom. The van der Waals surface area contributed by atoms with Crippen LogP contribution in [0, 0.1) is 19.8 Å². The predicted molar refractivity (Wildman–Crippen MR) is 85.9 cm³/mol. The van der Waals surface area contributed by atoms with Gasteiger partial charge in [0.15, 0.2) is 5.82 Å². The van der Waals surface area contributed by atoms with Gasteiger partial charge in [-0.3, -0.25) is 0 Å². The van der Waals surface area contributed by atoms with Crippen molar-refractivity contribution in [2.24, 2.45) is 11.7 Å². The van der Waals surface area contributed by atoms with Crippen LogP contribution < -0.4 is 11.1 Å². The van der Waals surface area contributed by atoms with Gasteiger partial charge in [-0.15, -0.1) is 5.10 Å². The highest BCUT2D eigenvalue weighted by atomic mass is 32.2. The fourth-order valence-corrected chi connectivity index (χ4v) is 3.68. The molecule has 1 aliphatic rings. The van der Waals surface area contributed by atoms with E-state index in [2.05, 4.69) is 15.5 Å². The Morgan fingerprint density at radius 3 is 2.68 bits per heavy atom. The van der Waals surface area contributed by atoms with Crippen LogP contribution in [-0.4, -0.2) is 33.2 Å². The van der Waals surface area contributed by atoms with E-state index in [4.69, 9.17) is 18.0 Å². The number of nitrogens with zero attached hydrogens (tertiary/aromatic N) is 2. The number of hydrogen-bond acceptors (Lipinski definition) is 5. The molecular formula is C13H20N4S2. The lowest BCUT2D eigenvalue weighted by Crippen LogP contribution is -2.23. The van der Waals surface area contributed by atoms with Gasteiger partial charge in [-0.2, -0.15) is 16.9 Å². The van der Waals surface area contributed by atoms with Gasteiger partial charge in [0.2, 0.25) is 0 Å². The number of anilines is 1. The second-order valence-electron chi connectivity index (χ2n) is 4.93. The number of aryl methyl sites for hydroxylation is 1. The maximum Gasteiger partial charge on any atom is 0.159 e. The molecule has 2 heterocycles. The Morgan fingerprint density at radius 1 is 1.37 bits per heavy atom. The van der Waals surface area contributed by atoms with Gasteiger partial charge in [-0.1, -0.05) is 12.2 Å². The van der Waals surface area contributed by atoms with Crippen LogP contribution in [0.5, 0.6) is 0 Å². The van der Waals surface area contributed by atoms with Gasteiger partial charge in [-0.25, -0.2) is 0 Å². The van der Waals surface area contributed by atoms with Crippen LogP contribution in [0.4, 0.5) is 5.82 Å². The topological polar surface area (TPSA) is 63.8 Å². The van der Waals surface area contributed by atoms with Crippen molar-refractivity contribution in [1.82, 2.24) is 10.2 Å². The summed E-state index contributed by atoms with van der Waals surface area (Å²) in [5.74, 6) is 3.96. The molecule has 1 aliphatic heterocycles. The standard InChI is InChI=1S/C13H20N4S2/c1-8-9(2)16-17-13(11(8)12(14)18)15-7-10-3-5-19-6-4-10/h10H,3-7H2,1-2H3,(H2,14,18)(H,15,17). The first-order valence-corrected chi connectivity index (χ1v) is 8.11. The Balaban J connectivity index is 2.11. The molecule has 1 aromatic heterocycles. The summed E-state index contributed by atoms with van der Waals surface area (Å²) in [6, 6.07) is 0. The van der Waals surface area contributed by atoms with Crippen molar-refractivity contribution in [2.75, 3.05) is 23.4 Å². The first-order valence-electron chi connectivity index (χ1n) is 6.55. The highest BCUT2D eigenvalue weighted by molar-refractivity contribution is 7.99. The minimum atomic E-state index is 0.386. The summed E-state index contributed by atoms with van der Waals surface area (Å²) >= 11 is 7.17. The number of aromatic nitrogens is 2. The van der Waals surface area contributed by atoms with Gasteiger partial charge in [0.05, 0.1) is 11.3 Å². The lowest BCUT2D eigenvalue weighted by molar-refractivity contribution is 0.515. The van der Waals surface area contributed by atoms with Crippen molar-refractivity contribution in [3.63, 3.8) is 0 Å². The first kappa shape index (κ1) is 14.5. The number of rotatable bonds is 4. The molecule has 0 atom stereocenters. The van der Waals surface area contributed by atoms with Crippen molar-refractivity contribution in [3.8, 4) is 0 Å². The molecule has 0 bridgehead atoms. The third-order valence-corrected chi connectivity index (χ3v) is 4.85. The first-order chi connectivity index (χ1) is 9.09. The molecule has 0 saturated carbocycles. The fraction of sp³-hybridized carbons (Fsp3) is 0.615. The van der Waals surface area contributed by atoms with Gasteiger partial charge in [0.1, 0.15) is 4.99 Å². The van der Waals surface area contributed by atoms with Crippen molar-refractivity contribution < 1.29 is 0 Å². The molecule has 0 spiro atoms. The zero-order valence-electron chi connectivity index (χ0n) is 11.4. The lowest BCUT2D eigenvalue weighted by Gasteiger charge is -2.22. The Kier molecular flexibility index (Phi) is 4.99. The second-order valence-corrected chi connectivity index (χ2v) is 6.60. The lowest BCUT2D eigenvalue weighted by atomic mass is 10.0. The molecule has 0 radical (unpaired) electrons. The van der Waals surface area contributed by atoms with Crippen molar-refractivity contribution in [1.29, 1.82) is 0 Å². The average Bonchev–Trinajstić information content (AvgIpc) is 2.41. The van der Waals surface area contributed by atoms with E-state index in [0.29, 0.717) is 10.9 Å².